The summed E-state index contributed by atoms with van der Waals surface area (Å²) in [6, 6.07) is 10.4. The fourth-order valence-electron chi connectivity index (χ4n) is 5.44. The molecule has 29 heavy (non-hydrogen) atoms. The minimum atomic E-state index is -4.08. The van der Waals surface area contributed by atoms with E-state index >= 15 is 0 Å². The molecule has 2 saturated carbocycles. The predicted molar refractivity (Wildman–Crippen MR) is 112 cm³/mol. The van der Waals surface area contributed by atoms with Gasteiger partial charge in [0.1, 0.15) is 5.78 Å². The predicted octanol–water partition coefficient (Wildman–Crippen LogP) is 2.91. The number of nitrogens with zero attached hydrogens (tertiary/aromatic N) is 1. The van der Waals surface area contributed by atoms with Crippen molar-refractivity contribution in [2.24, 2.45) is 16.7 Å². The number of fused-ring (bicyclic) bond motifs is 2. The third-order valence-electron chi connectivity index (χ3n) is 7.30. The fraction of sp³-hybridized carbons (Fsp3) is 0.682. The van der Waals surface area contributed by atoms with Gasteiger partial charge >= 0.3 is 0 Å². The molecule has 3 atom stereocenters. The molecule has 1 aromatic carbocycles. The summed E-state index contributed by atoms with van der Waals surface area (Å²) in [5, 5.41) is 9.52. The van der Waals surface area contributed by atoms with E-state index < -0.39 is 21.3 Å². The van der Waals surface area contributed by atoms with Crippen LogP contribution in [0.5, 0.6) is 0 Å². The number of carbonyl (C=O) groups excluding carboxylic acids is 1. The summed E-state index contributed by atoms with van der Waals surface area (Å²) in [6.45, 7) is 6.81. The second-order valence-corrected chi connectivity index (χ2v) is 10.9. The van der Waals surface area contributed by atoms with Gasteiger partial charge in [0.15, 0.2) is 0 Å². The second kappa shape index (κ2) is 8.46. The maximum atomic E-state index is 11.9. The number of carbonyl (C=O) groups is 1. The van der Waals surface area contributed by atoms with Crippen molar-refractivity contribution < 1.29 is 22.9 Å². The molecular formula is C22H33NO5S. The molecule has 2 bridgehead atoms. The van der Waals surface area contributed by atoms with Crippen molar-refractivity contribution in [1.82, 2.24) is 4.90 Å². The van der Waals surface area contributed by atoms with E-state index in [1.165, 1.54) is 5.56 Å². The third kappa shape index (κ3) is 4.90. The summed E-state index contributed by atoms with van der Waals surface area (Å²) < 4.78 is 31.0. The quantitative estimate of drug-likeness (QED) is 0.723. The normalized spacial score (nSPS) is 31.4. The topological polar surface area (TPSA) is 94.9 Å². The van der Waals surface area contributed by atoms with Crippen LogP contribution in [0.2, 0.25) is 0 Å². The van der Waals surface area contributed by atoms with E-state index in [0.29, 0.717) is 12.8 Å². The smallest absolute Gasteiger partial charge is 0.265 e. The molecule has 0 spiro atoms. The van der Waals surface area contributed by atoms with Crippen molar-refractivity contribution >= 4 is 15.9 Å². The SMILES string of the molecule is CC1(C)C2CCC1(CS(=O)(=O)O)C(=O)C2.O[C@@H]1CCCN(Cc2ccccc2)C1. The van der Waals surface area contributed by atoms with Crippen molar-refractivity contribution in [3.05, 3.63) is 35.9 Å². The summed E-state index contributed by atoms with van der Waals surface area (Å²) >= 11 is 0. The zero-order chi connectivity index (χ0) is 21.3. The molecule has 3 aliphatic rings. The van der Waals surface area contributed by atoms with Crippen LogP contribution in [0, 0.1) is 16.7 Å². The number of hydrogen-bond donors (Lipinski definition) is 2. The van der Waals surface area contributed by atoms with E-state index in [-0.39, 0.29) is 23.2 Å². The molecule has 1 saturated heterocycles. The molecule has 3 fully saturated rings. The van der Waals surface area contributed by atoms with Crippen LogP contribution in [0.3, 0.4) is 0 Å². The van der Waals surface area contributed by atoms with Gasteiger partial charge in [0, 0.05) is 19.5 Å². The van der Waals surface area contributed by atoms with E-state index in [4.69, 9.17) is 4.55 Å². The molecule has 1 aromatic rings. The molecule has 162 valence electrons. The summed E-state index contributed by atoms with van der Waals surface area (Å²) in [4.78, 5) is 14.2. The molecule has 6 nitrogen and oxygen atoms in total. The van der Waals surface area contributed by atoms with Crippen LogP contribution in [0.25, 0.3) is 0 Å². The zero-order valence-electron chi connectivity index (χ0n) is 17.4. The molecule has 0 radical (unpaired) electrons. The fourth-order valence-corrected chi connectivity index (χ4v) is 6.74. The molecule has 2 N–H and O–H groups in total. The Morgan fingerprint density at radius 3 is 2.38 bits per heavy atom. The number of aliphatic hydroxyl groups is 1. The van der Waals surface area contributed by atoms with Gasteiger partial charge in [-0.25, -0.2) is 0 Å². The van der Waals surface area contributed by atoms with E-state index in [1.54, 1.807) is 0 Å². The van der Waals surface area contributed by atoms with Crippen LogP contribution >= 0.6 is 0 Å². The Labute approximate surface area is 174 Å². The van der Waals surface area contributed by atoms with Gasteiger partial charge in [0.05, 0.1) is 17.3 Å². The van der Waals surface area contributed by atoms with Gasteiger partial charge in [-0.2, -0.15) is 8.42 Å². The van der Waals surface area contributed by atoms with Gasteiger partial charge in [0.25, 0.3) is 10.1 Å². The number of β-amino-alcohol motifs (C(OH)–C–C–N with tert-alkyl or cyclic N) is 1. The number of benzene rings is 1. The van der Waals surface area contributed by atoms with Crippen molar-refractivity contribution in [3.8, 4) is 0 Å². The summed E-state index contributed by atoms with van der Waals surface area (Å²) in [5.74, 6) is -0.101. The molecule has 2 unspecified atom stereocenters. The molecular weight excluding hydrogens is 390 g/mol. The number of ketones is 1. The van der Waals surface area contributed by atoms with Crippen molar-refractivity contribution in [2.45, 2.75) is 58.6 Å². The van der Waals surface area contributed by atoms with Crippen LogP contribution in [0.4, 0.5) is 0 Å². The highest BCUT2D eigenvalue weighted by atomic mass is 32.2. The van der Waals surface area contributed by atoms with Crippen molar-refractivity contribution in [3.63, 3.8) is 0 Å². The van der Waals surface area contributed by atoms with Crippen LogP contribution in [0.15, 0.2) is 30.3 Å². The van der Waals surface area contributed by atoms with E-state index in [2.05, 4.69) is 29.2 Å². The van der Waals surface area contributed by atoms with Gasteiger partial charge in [-0.05, 0) is 49.1 Å². The summed E-state index contributed by atoms with van der Waals surface area (Å²) in [6.07, 6.45) is 3.94. The van der Waals surface area contributed by atoms with Gasteiger partial charge in [0.2, 0.25) is 0 Å². The van der Waals surface area contributed by atoms with Crippen molar-refractivity contribution in [1.29, 1.82) is 0 Å². The Morgan fingerprint density at radius 2 is 1.86 bits per heavy atom. The summed E-state index contributed by atoms with van der Waals surface area (Å²) in [5.41, 5.74) is 0.215. The van der Waals surface area contributed by atoms with Crippen LogP contribution in [-0.4, -0.2) is 53.7 Å². The Hall–Kier alpha value is -1.28. The van der Waals surface area contributed by atoms with Crippen LogP contribution < -0.4 is 0 Å². The second-order valence-electron chi connectivity index (χ2n) is 9.41. The summed E-state index contributed by atoms with van der Waals surface area (Å²) in [7, 11) is -4.08. The molecule has 1 aliphatic heterocycles. The lowest BCUT2D eigenvalue weighted by atomic mass is 9.70. The molecule has 4 rings (SSSR count). The lowest BCUT2D eigenvalue weighted by molar-refractivity contribution is -0.128. The molecule has 7 heteroatoms. The molecule has 0 amide bonds. The Bertz CT molecular complexity index is 823. The minimum Gasteiger partial charge on any atom is -0.392 e. The Kier molecular flexibility index (Phi) is 6.53. The first kappa shape index (κ1) is 22.4. The van der Waals surface area contributed by atoms with E-state index in [9.17, 15) is 18.3 Å². The lowest BCUT2D eigenvalue weighted by Crippen LogP contribution is -2.42. The average Bonchev–Trinajstić information content (AvgIpc) is 2.96. The van der Waals surface area contributed by atoms with Gasteiger partial charge < -0.3 is 5.11 Å². The average molecular weight is 424 g/mol. The number of hydrogen-bond acceptors (Lipinski definition) is 5. The highest BCUT2D eigenvalue weighted by Crippen LogP contribution is 2.64. The standard InChI is InChI=1S/C12H17NO.C10H16O4S/c14-12-7-4-8-13(10-12)9-11-5-2-1-3-6-11;1-9(2)7-3-4-10(9,8(11)5-7)6-15(12,13)14/h1-3,5-6,12,14H,4,7-10H2;7H,3-6H2,1-2H3,(H,12,13,14)/t12-;/m1./s1. The number of aliphatic hydroxyl groups excluding tert-OH is 1. The molecule has 0 aromatic heterocycles. The highest BCUT2D eigenvalue weighted by Gasteiger charge is 2.65. The number of Topliss-reactive ketones (excluding diaryl/α,β-unsaturated/α-hetero) is 1. The monoisotopic (exact) mass is 423 g/mol. The van der Waals surface area contributed by atoms with Gasteiger partial charge in [-0.3, -0.25) is 14.2 Å². The first-order valence-electron chi connectivity index (χ1n) is 10.5. The molecule has 1 heterocycles. The Morgan fingerprint density at radius 1 is 1.17 bits per heavy atom. The molecule has 2 aliphatic carbocycles. The highest BCUT2D eigenvalue weighted by molar-refractivity contribution is 7.85. The number of piperidine rings is 1. The first-order chi connectivity index (χ1) is 13.5. The maximum Gasteiger partial charge on any atom is 0.265 e. The van der Waals surface area contributed by atoms with Crippen LogP contribution in [-0.2, 0) is 21.5 Å². The third-order valence-corrected chi connectivity index (χ3v) is 8.16. The van der Waals surface area contributed by atoms with Crippen molar-refractivity contribution in [2.75, 3.05) is 18.8 Å². The van der Waals surface area contributed by atoms with Gasteiger partial charge in [-0.1, -0.05) is 44.2 Å². The van der Waals surface area contributed by atoms with E-state index in [1.807, 2.05) is 19.9 Å². The maximum absolute atomic E-state index is 11.9. The largest absolute Gasteiger partial charge is 0.392 e. The van der Waals surface area contributed by atoms with E-state index in [0.717, 1.165) is 38.9 Å². The number of likely N-dealkylation sites (tertiary alicyclic amines) is 1. The minimum absolute atomic E-state index is 0.0152. The number of rotatable bonds is 4. The lowest BCUT2D eigenvalue weighted by Gasteiger charge is -2.35. The van der Waals surface area contributed by atoms with Gasteiger partial charge in [-0.15, -0.1) is 0 Å². The first-order valence-corrected chi connectivity index (χ1v) is 12.1. The zero-order valence-corrected chi connectivity index (χ0v) is 18.2. The Balaban J connectivity index is 0.000000166. The van der Waals surface area contributed by atoms with Crippen LogP contribution in [0.1, 0.15) is 51.5 Å².